The first kappa shape index (κ1) is 21.7. The van der Waals surface area contributed by atoms with E-state index in [4.69, 9.17) is 17.2 Å². The lowest BCUT2D eigenvalue weighted by molar-refractivity contribution is -0.131. The highest BCUT2D eigenvalue weighted by Gasteiger charge is 2.25. The number of benzene rings is 1. The summed E-state index contributed by atoms with van der Waals surface area (Å²) in [5, 5.41) is 14.4. The third-order valence-electron chi connectivity index (χ3n) is 3.68. The monoisotopic (exact) mass is 378 g/mol. The number of primary amides is 1. The number of carbonyl (C=O) groups excluding carboxylic acids is 3. The summed E-state index contributed by atoms with van der Waals surface area (Å²) in [5.74, 6) is -1.59. The highest BCUT2D eigenvalue weighted by Crippen LogP contribution is 2.11. The number of amides is 3. The van der Waals surface area contributed by atoms with E-state index < -0.39 is 23.9 Å². The molecule has 0 fully saturated rings. The van der Waals surface area contributed by atoms with Gasteiger partial charge < -0.3 is 32.9 Å². The molecule has 10 nitrogen and oxygen atoms in total. The molecule has 27 heavy (non-hydrogen) atoms. The smallest absolute Gasteiger partial charge is 0.243 e. The van der Waals surface area contributed by atoms with E-state index in [0.717, 1.165) is 0 Å². The van der Waals surface area contributed by atoms with Crippen molar-refractivity contribution in [3.05, 3.63) is 29.8 Å². The van der Waals surface area contributed by atoms with Gasteiger partial charge in [0.1, 0.15) is 17.8 Å². The van der Waals surface area contributed by atoms with Crippen LogP contribution in [0, 0.1) is 0 Å². The highest BCUT2D eigenvalue weighted by molar-refractivity contribution is 5.91. The Labute approximate surface area is 157 Å². The molecule has 1 rings (SSSR count). The van der Waals surface area contributed by atoms with Crippen molar-refractivity contribution in [2.24, 2.45) is 22.2 Å². The first-order valence-corrected chi connectivity index (χ1v) is 8.39. The molecule has 10 heteroatoms. The van der Waals surface area contributed by atoms with Gasteiger partial charge in [0.2, 0.25) is 17.7 Å². The van der Waals surface area contributed by atoms with Gasteiger partial charge in [-0.3, -0.25) is 19.4 Å². The number of nitrogens with two attached hydrogens (primary N) is 3. The Kier molecular flexibility index (Phi) is 8.57. The molecule has 1 aromatic rings. The van der Waals surface area contributed by atoms with Crippen LogP contribution in [0.25, 0.3) is 0 Å². The number of hydrogen-bond acceptors (Lipinski definition) is 5. The molecule has 3 amide bonds. The molecule has 1 aromatic carbocycles. The Morgan fingerprint density at radius 3 is 2.22 bits per heavy atom. The number of carbonyl (C=O) groups is 3. The van der Waals surface area contributed by atoms with Gasteiger partial charge in [-0.25, -0.2) is 0 Å². The van der Waals surface area contributed by atoms with Crippen LogP contribution in [-0.4, -0.2) is 47.4 Å². The van der Waals surface area contributed by atoms with Crippen molar-refractivity contribution in [2.75, 3.05) is 6.54 Å². The Hall–Kier alpha value is -3.30. The number of aliphatic imine (C=N–C) groups is 1. The number of rotatable bonds is 10. The predicted octanol–water partition coefficient (Wildman–Crippen LogP) is -1.54. The Morgan fingerprint density at radius 1 is 1.07 bits per heavy atom. The molecule has 0 radical (unpaired) electrons. The minimum absolute atomic E-state index is 0.0572. The van der Waals surface area contributed by atoms with Gasteiger partial charge in [-0.1, -0.05) is 12.1 Å². The fourth-order valence-electron chi connectivity index (χ4n) is 2.38. The second kappa shape index (κ2) is 10.6. The van der Waals surface area contributed by atoms with Crippen LogP contribution in [0.3, 0.4) is 0 Å². The number of phenols is 1. The molecule has 0 aliphatic heterocycles. The van der Waals surface area contributed by atoms with Crippen molar-refractivity contribution in [1.82, 2.24) is 10.6 Å². The van der Waals surface area contributed by atoms with Crippen molar-refractivity contribution in [3.8, 4) is 5.75 Å². The number of nitrogens with zero attached hydrogens (tertiary/aromatic N) is 1. The molecule has 9 N–H and O–H groups in total. The molecule has 148 valence electrons. The maximum atomic E-state index is 12.5. The molecular weight excluding hydrogens is 352 g/mol. The molecule has 0 heterocycles. The number of aromatic hydroxyl groups is 1. The van der Waals surface area contributed by atoms with Gasteiger partial charge in [0.25, 0.3) is 0 Å². The fourth-order valence-corrected chi connectivity index (χ4v) is 2.38. The van der Waals surface area contributed by atoms with Gasteiger partial charge in [-0.05, 0) is 30.5 Å². The van der Waals surface area contributed by atoms with E-state index in [2.05, 4.69) is 15.6 Å². The number of phenolic OH excluding ortho intramolecular Hbond substituents is 1. The van der Waals surface area contributed by atoms with Crippen LogP contribution in [-0.2, 0) is 20.8 Å². The lowest BCUT2D eigenvalue weighted by Crippen LogP contribution is -2.53. The zero-order chi connectivity index (χ0) is 20.4. The summed E-state index contributed by atoms with van der Waals surface area (Å²) in [6, 6.07) is 4.38. The molecule has 0 saturated carbocycles. The Balaban J connectivity index is 2.75. The van der Waals surface area contributed by atoms with E-state index in [1.165, 1.54) is 19.1 Å². The average molecular weight is 378 g/mol. The van der Waals surface area contributed by atoms with E-state index in [1.807, 2.05) is 0 Å². The zero-order valence-electron chi connectivity index (χ0n) is 15.1. The molecule has 0 aromatic heterocycles. The zero-order valence-corrected chi connectivity index (χ0v) is 15.1. The van der Waals surface area contributed by atoms with Crippen molar-refractivity contribution < 1.29 is 19.5 Å². The van der Waals surface area contributed by atoms with Gasteiger partial charge in [-0.2, -0.15) is 0 Å². The van der Waals surface area contributed by atoms with Gasteiger partial charge in [0.15, 0.2) is 5.96 Å². The van der Waals surface area contributed by atoms with Gasteiger partial charge >= 0.3 is 0 Å². The molecule has 0 aliphatic rings. The second-order valence-electron chi connectivity index (χ2n) is 6.04. The molecule has 0 saturated heterocycles. The number of nitrogens with one attached hydrogen (secondary N) is 2. The molecule has 0 unspecified atom stereocenters. The van der Waals surface area contributed by atoms with E-state index in [9.17, 15) is 19.5 Å². The first-order chi connectivity index (χ1) is 12.7. The van der Waals surface area contributed by atoms with E-state index >= 15 is 0 Å². The summed E-state index contributed by atoms with van der Waals surface area (Å²) in [7, 11) is 0. The minimum Gasteiger partial charge on any atom is -0.508 e. The largest absolute Gasteiger partial charge is 0.508 e. The van der Waals surface area contributed by atoms with Crippen molar-refractivity contribution in [1.29, 1.82) is 0 Å². The Bertz CT molecular complexity index is 685. The molecular formula is C17H26N6O4. The first-order valence-electron chi connectivity index (χ1n) is 8.39. The summed E-state index contributed by atoms with van der Waals surface area (Å²) in [6.07, 6.45) is 0.893. The fraction of sp³-hybridized carbons (Fsp3) is 0.412. The van der Waals surface area contributed by atoms with Crippen molar-refractivity contribution in [2.45, 2.75) is 38.3 Å². The van der Waals surface area contributed by atoms with Crippen LogP contribution in [0.15, 0.2) is 29.3 Å². The topological polar surface area (TPSA) is 186 Å². The normalized spacial score (nSPS) is 12.5. The van der Waals surface area contributed by atoms with Crippen LogP contribution in [0.1, 0.15) is 25.3 Å². The van der Waals surface area contributed by atoms with Crippen molar-refractivity contribution >= 4 is 23.7 Å². The van der Waals surface area contributed by atoms with Crippen LogP contribution < -0.4 is 27.8 Å². The quantitative estimate of drug-likeness (QED) is 0.163. The second-order valence-corrected chi connectivity index (χ2v) is 6.04. The highest BCUT2D eigenvalue weighted by atomic mass is 16.3. The third-order valence-corrected chi connectivity index (χ3v) is 3.68. The van der Waals surface area contributed by atoms with E-state index in [1.54, 1.807) is 12.1 Å². The third kappa shape index (κ3) is 8.56. The lowest BCUT2D eigenvalue weighted by atomic mass is 10.0. The summed E-state index contributed by atoms with van der Waals surface area (Å²) < 4.78 is 0. The molecule has 2 atom stereocenters. The summed E-state index contributed by atoms with van der Waals surface area (Å²) in [6.45, 7) is 1.59. The summed E-state index contributed by atoms with van der Waals surface area (Å²) in [5.41, 5.74) is 16.6. The summed E-state index contributed by atoms with van der Waals surface area (Å²) in [4.78, 5) is 39.4. The van der Waals surface area contributed by atoms with E-state index in [-0.39, 0.29) is 30.5 Å². The predicted molar refractivity (Wildman–Crippen MR) is 100 cm³/mol. The van der Waals surface area contributed by atoms with E-state index in [0.29, 0.717) is 18.5 Å². The average Bonchev–Trinajstić information content (AvgIpc) is 2.58. The maximum absolute atomic E-state index is 12.5. The van der Waals surface area contributed by atoms with Crippen LogP contribution >= 0.6 is 0 Å². The van der Waals surface area contributed by atoms with Gasteiger partial charge in [-0.15, -0.1) is 0 Å². The number of guanidine groups is 1. The lowest BCUT2D eigenvalue weighted by Gasteiger charge is -2.21. The van der Waals surface area contributed by atoms with Gasteiger partial charge in [0, 0.05) is 19.9 Å². The van der Waals surface area contributed by atoms with Crippen molar-refractivity contribution in [3.63, 3.8) is 0 Å². The Morgan fingerprint density at radius 2 is 1.70 bits per heavy atom. The van der Waals surface area contributed by atoms with Crippen LogP contribution in [0.5, 0.6) is 5.75 Å². The van der Waals surface area contributed by atoms with Crippen LogP contribution in [0.4, 0.5) is 0 Å². The summed E-state index contributed by atoms with van der Waals surface area (Å²) >= 11 is 0. The molecule has 0 aliphatic carbocycles. The SMILES string of the molecule is CC(=O)N[C@@H](CCCN=C(N)N)C(=O)N[C@@H](Cc1ccc(O)cc1)C(N)=O. The number of hydrogen-bond donors (Lipinski definition) is 6. The molecule has 0 spiro atoms. The standard InChI is InChI=1S/C17H26N6O4/c1-10(24)22-13(3-2-8-21-17(19)20)16(27)23-14(15(18)26)9-11-4-6-12(25)7-5-11/h4-7,13-14,25H,2-3,8-9H2,1H3,(H2,18,26)(H,22,24)(H,23,27)(H4,19,20,21)/t13-,14-/m0/s1. The minimum atomic E-state index is -0.962. The van der Waals surface area contributed by atoms with Crippen LogP contribution in [0.2, 0.25) is 0 Å². The molecule has 0 bridgehead atoms. The van der Waals surface area contributed by atoms with Gasteiger partial charge in [0.05, 0.1) is 0 Å². The maximum Gasteiger partial charge on any atom is 0.243 e.